The second-order valence-corrected chi connectivity index (χ2v) is 8.12. The van der Waals surface area contributed by atoms with E-state index in [4.69, 9.17) is 12.2 Å². The molecule has 0 amide bonds. The van der Waals surface area contributed by atoms with Crippen LogP contribution in [-0.2, 0) is 0 Å². The van der Waals surface area contributed by atoms with Crippen molar-refractivity contribution in [2.24, 2.45) is 5.10 Å². The molecule has 2 N–H and O–H groups in total. The third kappa shape index (κ3) is 3.35. The quantitative estimate of drug-likeness (QED) is 0.528. The van der Waals surface area contributed by atoms with Crippen molar-refractivity contribution in [2.75, 3.05) is 17.3 Å². The Hall–Kier alpha value is -1.92. The van der Waals surface area contributed by atoms with Gasteiger partial charge in [0.2, 0.25) is 0 Å². The van der Waals surface area contributed by atoms with Gasteiger partial charge in [0.15, 0.2) is 5.11 Å². The number of nitrogens with one attached hydrogen (secondary N) is 2. The maximum Gasteiger partial charge on any atom is 0.191 e. The van der Waals surface area contributed by atoms with Crippen molar-refractivity contribution in [1.29, 1.82) is 0 Å². The van der Waals surface area contributed by atoms with E-state index in [9.17, 15) is 0 Å². The molecule has 0 radical (unpaired) electrons. The van der Waals surface area contributed by atoms with Crippen LogP contribution < -0.4 is 15.6 Å². The molecule has 2 aliphatic rings. The summed E-state index contributed by atoms with van der Waals surface area (Å²) in [6, 6.07) is 16.8. The minimum atomic E-state index is 0.306. The Balaban J connectivity index is 1.51. The van der Waals surface area contributed by atoms with E-state index in [1.807, 2.05) is 30.3 Å². The largest absolute Gasteiger partial charge is 0.365 e. The number of para-hydroxylation sites is 1. The number of likely N-dealkylation sites (N-methyl/N-ethyl adjacent to an activating group) is 1. The average Bonchev–Trinajstić information content (AvgIpc) is 2.93. The van der Waals surface area contributed by atoms with E-state index in [0.29, 0.717) is 17.1 Å². The van der Waals surface area contributed by atoms with Crippen LogP contribution in [0.3, 0.4) is 0 Å². The standard InChI is InChI=1S/C20H21BrN4S/c1-25-18-11-10-13(21)12-16(18)15-8-5-9-17(19(15)25)23-24-20(26)22-14-6-3-2-4-7-14/h2-4,6-7,10-12,15,19H,5,8-9H2,1H3,(H2,22,24,26). The molecule has 0 spiro atoms. The van der Waals surface area contributed by atoms with Gasteiger partial charge in [-0.15, -0.1) is 0 Å². The lowest BCUT2D eigenvalue weighted by molar-refractivity contribution is 0.535. The smallest absolute Gasteiger partial charge is 0.191 e. The third-order valence-electron chi connectivity index (χ3n) is 5.19. The molecule has 2 unspecified atom stereocenters. The zero-order valence-electron chi connectivity index (χ0n) is 14.6. The predicted octanol–water partition coefficient (Wildman–Crippen LogP) is 4.88. The molecule has 1 aliphatic heterocycles. The number of halogens is 1. The first-order valence-electron chi connectivity index (χ1n) is 8.84. The predicted molar refractivity (Wildman–Crippen MR) is 116 cm³/mol. The van der Waals surface area contributed by atoms with Gasteiger partial charge in [0, 0.05) is 28.8 Å². The molecule has 1 fully saturated rings. The lowest BCUT2D eigenvalue weighted by Gasteiger charge is -2.32. The fourth-order valence-corrected chi connectivity index (χ4v) is 4.62. The van der Waals surface area contributed by atoms with Crippen LogP contribution >= 0.6 is 28.1 Å². The summed E-state index contributed by atoms with van der Waals surface area (Å²) in [4.78, 5) is 2.36. The van der Waals surface area contributed by atoms with Gasteiger partial charge in [-0.25, -0.2) is 0 Å². The lowest BCUT2D eigenvalue weighted by Crippen LogP contribution is -2.42. The first-order valence-corrected chi connectivity index (χ1v) is 10.0. The van der Waals surface area contributed by atoms with Crippen molar-refractivity contribution in [2.45, 2.75) is 31.2 Å². The Bertz CT molecular complexity index is 852. The Morgan fingerprint density at radius 2 is 2.04 bits per heavy atom. The van der Waals surface area contributed by atoms with Crippen LogP contribution in [0.4, 0.5) is 11.4 Å². The van der Waals surface area contributed by atoms with E-state index < -0.39 is 0 Å². The molecular formula is C20H21BrN4S. The van der Waals surface area contributed by atoms with Gasteiger partial charge in [-0.05, 0) is 67.4 Å². The van der Waals surface area contributed by atoms with Crippen molar-refractivity contribution >= 4 is 50.3 Å². The SMILES string of the molecule is CN1c2ccc(Br)cc2C2CCCC(=NNC(=S)Nc3ccccc3)C21. The fraction of sp³-hybridized carbons (Fsp3) is 0.300. The van der Waals surface area contributed by atoms with Crippen LogP contribution in [0.15, 0.2) is 58.1 Å². The van der Waals surface area contributed by atoms with Crippen molar-refractivity contribution in [3.63, 3.8) is 0 Å². The number of anilines is 2. The molecule has 4 rings (SSSR count). The molecule has 2 aromatic carbocycles. The normalized spacial score (nSPS) is 22.7. The van der Waals surface area contributed by atoms with Gasteiger partial charge in [-0.2, -0.15) is 5.10 Å². The van der Waals surface area contributed by atoms with Crippen LogP contribution in [-0.4, -0.2) is 23.9 Å². The van der Waals surface area contributed by atoms with Crippen molar-refractivity contribution in [3.05, 3.63) is 58.6 Å². The van der Waals surface area contributed by atoms with Crippen molar-refractivity contribution in [1.82, 2.24) is 5.43 Å². The number of thiocarbonyl (C=S) groups is 1. The maximum atomic E-state index is 5.39. The van der Waals surface area contributed by atoms with E-state index in [-0.39, 0.29) is 0 Å². The van der Waals surface area contributed by atoms with Gasteiger partial charge in [-0.1, -0.05) is 34.1 Å². The molecule has 134 valence electrons. The fourth-order valence-electron chi connectivity index (χ4n) is 4.08. The minimum absolute atomic E-state index is 0.306. The Morgan fingerprint density at radius 3 is 2.85 bits per heavy atom. The van der Waals surface area contributed by atoms with Crippen LogP contribution in [0, 0.1) is 0 Å². The molecule has 0 aromatic heterocycles. The summed E-state index contributed by atoms with van der Waals surface area (Å²) in [6.45, 7) is 0. The van der Waals surface area contributed by atoms with Gasteiger partial charge in [-0.3, -0.25) is 5.43 Å². The molecule has 1 aliphatic carbocycles. The number of fused-ring (bicyclic) bond motifs is 3. The summed E-state index contributed by atoms with van der Waals surface area (Å²) in [5, 5.41) is 8.38. The number of hydrogen-bond acceptors (Lipinski definition) is 3. The van der Waals surface area contributed by atoms with E-state index in [0.717, 1.165) is 23.0 Å². The highest BCUT2D eigenvalue weighted by atomic mass is 79.9. The number of hydrazone groups is 1. The summed E-state index contributed by atoms with van der Waals surface area (Å²) >= 11 is 9.00. The Morgan fingerprint density at radius 1 is 1.23 bits per heavy atom. The molecule has 1 saturated carbocycles. The Kier molecular flexibility index (Phi) is 4.96. The van der Waals surface area contributed by atoms with Crippen LogP contribution in [0.25, 0.3) is 0 Å². The number of nitrogens with zero attached hydrogens (tertiary/aromatic N) is 2. The monoisotopic (exact) mass is 428 g/mol. The Labute approximate surface area is 167 Å². The second-order valence-electron chi connectivity index (χ2n) is 6.79. The zero-order valence-corrected chi connectivity index (χ0v) is 17.0. The highest BCUT2D eigenvalue weighted by molar-refractivity contribution is 9.10. The molecule has 0 bridgehead atoms. The van der Waals surface area contributed by atoms with E-state index in [2.05, 4.69) is 61.9 Å². The van der Waals surface area contributed by atoms with Crippen molar-refractivity contribution in [3.8, 4) is 0 Å². The van der Waals surface area contributed by atoms with E-state index in [1.165, 1.54) is 23.4 Å². The summed E-state index contributed by atoms with van der Waals surface area (Å²) < 4.78 is 1.14. The van der Waals surface area contributed by atoms with Gasteiger partial charge >= 0.3 is 0 Å². The van der Waals surface area contributed by atoms with Gasteiger partial charge in [0.1, 0.15) is 0 Å². The van der Waals surface area contributed by atoms with Gasteiger partial charge < -0.3 is 10.2 Å². The zero-order chi connectivity index (χ0) is 18.1. The molecule has 26 heavy (non-hydrogen) atoms. The first kappa shape index (κ1) is 17.5. The van der Waals surface area contributed by atoms with Gasteiger partial charge in [0.05, 0.1) is 11.8 Å². The molecule has 1 heterocycles. The topological polar surface area (TPSA) is 39.7 Å². The molecule has 6 heteroatoms. The molecule has 2 aromatic rings. The molecule has 4 nitrogen and oxygen atoms in total. The lowest BCUT2D eigenvalue weighted by atomic mass is 9.81. The summed E-state index contributed by atoms with van der Waals surface area (Å²) in [6.07, 6.45) is 3.35. The second kappa shape index (κ2) is 7.37. The molecule has 2 atom stereocenters. The molecule has 0 saturated heterocycles. The summed E-state index contributed by atoms with van der Waals surface area (Å²) in [5.74, 6) is 0.498. The van der Waals surface area contributed by atoms with Crippen LogP contribution in [0.1, 0.15) is 30.7 Å². The number of benzene rings is 2. The summed E-state index contributed by atoms with van der Waals surface area (Å²) in [7, 11) is 2.17. The summed E-state index contributed by atoms with van der Waals surface area (Å²) in [5.41, 5.74) is 7.91. The van der Waals surface area contributed by atoms with E-state index in [1.54, 1.807) is 0 Å². The first-order chi connectivity index (χ1) is 12.6. The number of rotatable bonds is 2. The van der Waals surface area contributed by atoms with Crippen molar-refractivity contribution < 1.29 is 0 Å². The third-order valence-corrected chi connectivity index (χ3v) is 5.88. The highest BCUT2D eigenvalue weighted by Crippen LogP contribution is 2.46. The highest BCUT2D eigenvalue weighted by Gasteiger charge is 2.41. The molecular weight excluding hydrogens is 408 g/mol. The van der Waals surface area contributed by atoms with Gasteiger partial charge in [0.25, 0.3) is 0 Å². The van der Waals surface area contributed by atoms with E-state index >= 15 is 0 Å². The average molecular weight is 429 g/mol. The van der Waals surface area contributed by atoms with Crippen LogP contribution in [0.5, 0.6) is 0 Å². The maximum absolute atomic E-state index is 5.39. The van der Waals surface area contributed by atoms with Crippen LogP contribution in [0.2, 0.25) is 0 Å². The number of hydrogen-bond donors (Lipinski definition) is 2. The minimum Gasteiger partial charge on any atom is -0.365 e.